The molecular formula is C17H24N4O2. The number of carbonyl (C=O) groups excluding carboxylic acids is 2. The van der Waals surface area contributed by atoms with Crippen molar-refractivity contribution in [1.82, 2.24) is 20.9 Å². The van der Waals surface area contributed by atoms with Gasteiger partial charge < -0.3 is 20.9 Å². The molecule has 0 radical (unpaired) electrons. The van der Waals surface area contributed by atoms with Crippen LogP contribution in [0.1, 0.15) is 24.0 Å². The number of rotatable bonds is 3. The van der Waals surface area contributed by atoms with Gasteiger partial charge in [0.05, 0.1) is 6.54 Å². The highest BCUT2D eigenvalue weighted by molar-refractivity contribution is 5.84. The Morgan fingerprint density at radius 3 is 2.70 bits per heavy atom. The van der Waals surface area contributed by atoms with Crippen molar-refractivity contribution in [3.05, 3.63) is 35.4 Å². The molecule has 23 heavy (non-hydrogen) atoms. The first-order valence-electron chi connectivity index (χ1n) is 8.32. The maximum atomic E-state index is 12.2. The number of hydrogen-bond donors (Lipinski definition) is 3. The lowest BCUT2D eigenvalue weighted by Crippen LogP contribution is -2.49. The number of urea groups is 1. The molecule has 3 rings (SSSR count). The van der Waals surface area contributed by atoms with E-state index in [-0.39, 0.29) is 24.5 Å². The maximum absolute atomic E-state index is 12.2. The smallest absolute Gasteiger partial charge is 0.318 e. The SMILES string of the molecule is O=C(CNC(=O)N1CCc2ccccc2C1)NC1CCNCC1. The van der Waals surface area contributed by atoms with E-state index in [0.29, 0.717) is 13.1 Å². The predicted molar refractivity (Wildman–Crippen MR) is 88.0 cm³/mol. The minimum atomic E-state index is -0.167. The summed E-state index contributed by atoms with van der Waals surface area (Å²) in [4.78, 5) is 25.9. The fourth-order valence-electron chi connectivity index (χ4n) is 3.18. The summed E-state index contributed by atoms with van der Waals surface area (Å²) in [6.45, 7) is 3.21. The van der Waals surface area contributed by atoms with E-state index in [0.717, 1.165) is 32.4 Å². The van der Waals surface area contributed by atoms with E-state index in [1.807, 2.05) is 12.1 Å². The van der Waals surface area contributed by atoms with Gasteiger partial charge in [-0.05, 0) is 43.5 Å². The fraction of sp³-hybridized carbons (Fsp3) is 0.529. The van der Waals surface area contributed by atoms with E-state index in [4.69, 9.17) is 0 Å². The molecule has 0 saturated carbocycles. The summed E-state index contributed by atoms with van der Waals surface area (Å²) in [7, 11) is 0. The Labute approximate surface area is 136 Å². The number of benzene rings is 1. The molecular weight excluding hydrogens is 292 g/mol. The number of carbonyl (C=O) groups is 2. The maximum Gasteiger partial charge on any atom is 0.318 e. The number of piperidine rings is 1. The summed E-state index contributed by atoms with van der Waals surface area (Å²) >= 11 is 0. The second-order valence-corrected chi connectivity index (χ2v) is 6.19. The van der Waals surface area contributed by atoms with Crippen LogP contribution in [0.4, 0.5) is 4.79 Å². The van der Waals surface area contributed by atoms with Gasteiger partial charge in [0.2, 0.25) is 5.91 Å². The monoisotopic (exact) mass is 316 g/mol. The number of nitrogens with one attached hydrogen (secondary N) is 3. The lowest BCUT2D eigenvalue weighted by atomic mass is 10.0. The molecule has 0 atom stereocenters. The highest BCUT2D eigenvalue weighted by Gasteiger charge is 2.21. The van der Waals surface area contributed by atoms with Crippen molar-refractivity contribution in [3.8, 4) is 0 Å². The van der Waals surface area contributed by atoms with E-state index >= 15 is 0 Å². The molecule has 0 aliphatic carbocycles. The Kier molecular flexibility index (Phi) is 5.12. The quantitative estimate of drug-likeness (QED) is 0.765. The molecule has 0 spiro atoms. The minimum Gasteiger partial charge on any atom is -0.352 e. The van der Waals surface area contributed by atoms with Gasteiger partial charge in [-0.2, -0.15) is 0 Å². The van der Waals surface area contributed by atoms with Crippen molar-refractivity contribution in [3.63, 3.8) is 0 Å². The van der Waals surface area contributed by atoms with Crippen molar-refractivity contribution in [2.75, 3.05) is 26.2 Å². The molecule has 3 N–H and O–H groups in total. The fourth-order valence-corrected chi connectivity index (χ4v) is 3.18. The van der Waals surface area contributed by atoms with E-state index in [1.165, 1.54) is 11.1 Å². The lowest BCUT2D eigenvalue weighted by Gasteiger charge is -2.29. The molecule has 1 aromatic carbocycles. The minimum absolute atomic E-state index is 0.0426. The first-order chi connectivity index (χ1) is 11.2. The molecule has 1 saturated heterocycles. The van der Waals surface area contributed by atoms with Crippen LogP contribution in [0.2, 0.25) is 0 Å². The summed E-state index contributed by atoms with van der Waals surface area (Å²) in [5.41, 5.74) is 2.49. The van der Waals surface area contributed by atoms with E-state index < -0.39 is 0 Å². The van der Waals surface area contributed by atoms with Gasteiger partial charge in [-0.25, -0.2) is 4.79 Å². The van der Waals surface area contributed by atoms with Gasteiger partial charge in [-0.15, -0.1) is 0 Å². The Morgan fingerprint density at radius 2 is 1.91 bits per heavy atom. The number of hydrogen-bond acceptors (Lipinski definition) is 3. The van der Waals surface area contributed by atoms with Gasteiger partial charge >= 0.3 is 6.03 Å². The standard InChI is InChI=1S/C17H24N4O2/c22-16(20-15-5-8-18-9-6-15)11-19-17(23)21-10-7-13-3-1-2-4-14(13)12-21/h1-4,15,18H,5-12H2,(H,19,23)(H,20,22). The van der Waals surface area contributed by atoms with E-state index in [1.54, 1.807) is 4.90 Å². The molecule has 2 aliphatic heterocycles. The van der Waals surface area contributed by atoms with Gasteiger partial charge in [0, 0.05) is 19.1 Å². The van der Waals surface area contributed by atoms with Crippen LogP contribution in [0.15, 0.2) is 24.3 Å². The zero-order chi connectivity index (χ0) is 16.1. The average Bonchev–Trinajstić information content (AvgIpc) is 2.60. The third kappa shape index (κ3) is 4.22. The Bertz CT molecular complexity index is 569. The molecule has 3 amide bonds. The number of nitrogens with zero attached hydrogens (tertiary/aromatic N) is 1. The summed E-state index contributed by atoms with van der Waals surface area (Å²) < 4.78 is 0. The summed E-state index contributed by atoms with van der Waals surface area (Å²) in [6, 6.07) is 8.24. The molecule has 0 aromatic heterocycles. The highest BCUT2D eigenvalue weighted by atomic mass is 16.2. The molecule has 6 nitrogen and oxygen atoms in total. The summed E-state index contributed by atoms with van der Waals surface area (Å²) in [6.07, 6.45) is 2.76. The molecule has 0 unspecified atom stereocenters. The molecule has 1 aromatic rings. The van der Waals surface area contributed by atoms with Crippen LogP contribution in [0, 0.1) is 0 Å². The van der Waals surface area contributed by atoms with Crippen LogP contribution in [0.3, 0.4) is 0 Å². The molecule has 6 heteroatoms. The first-order valence-corrected chi connectivity index (χ1v) is 8.32. The van der Waals surface area contributed by atoms with Gasteiger partial charge in [-0.3, -0.25) is 4.79 Å². The highest BCUT2D eigenvalue weighted by Crippen LogP contribution is 2.18. The zero-order valence-corrected chi connectivity index (χ0v) is 13.3. The van der Waals surface area contributed by atoms with Crippen molar-refractivity contribution in [2.45, 2.75) is 31.8 Å². The second kappa shape index (κ2) is 7.46. The van der Waals surface area contributed by atoms with Crippen molar-refractivity contribution in [1.29, 1.82) is 0 Å². The largest absolute Gasteiger partial charge is 0.352 e. The zero-order valence-electron chi connectivity index (χ0n) is 13.3. The Balaban J connectivity index is 1.43. The first kappa shape index (κ1) is 15.8. The third-order valence-electron chi connectivity index (χ3n) is 4.52. The van der Waals surface area contributed by atoms with Gasteiger partial charge in [0.15, 0.2) is 0 Å². The van der Waals surface area contributed by atoms with E-state index in [9.17, 15) is 9.59 Å². The van der Waals surface area contributed by atoms with E-state index in [2.05, 4.69) is 28.1 Å². The Hall–Kier alpha value is -2.08. The van der Waals surface area contributed by atoms with Crippen molar-refractivity contribution >= 4 is 11.9 Å². The van der Waals surface area contributed by atoms with Gasteiger partial charge in [0.25, 0.3) is 0 Å². The van der Waals surface area contributed by atoms with Gasteiger partial charge in [0.1, 0.15) is 0 Å². The van der Waals surface area contributed by atoms with Crippen LogP contribution in [0.5, 0.6) is 0 Å². The van der Waals surface area contributed by atoms with Crippen LogP contribution in [-0.2, 0) is 17.8 Å². The average molecular weight is 316 g/mol. The third-order valence-corrected chi connectivity index (χ3v) is 4.52. The molecule has 0 bridgehead atoms. The summed E-state index contributed by atoms with van der Waals surface area (Å²) in [5, 5.41) is 8.97. The van der Waals surface area contributed by atoms with Crippen LogP contribution >= 0.6 is 0 Å². The molecule has 124 valence electrons. The number of fused-ring (bicyclic) bond motifs is 1. The summed E-state index contributed by atoms with van der Waals surface area (Å²) in [5.74, 6) is -0.109. The van der Waals surface area contributed by atoms with Crippen LogP contribution < -0.4 is 16.0 Å². The Morgan fingerprint density at radius 1 is 1.17 bits per heavy atom. The molecule has 2 heterocycles. The predicted octanol–water partition coefficient (Wildman–Crippen LogP) is 0.623. The number of amides is 3. The molecule has 1 fully saturated rings. The normalized spacial score (nSPS) is 18.2. The topological polar surface area (TPSA) is 73.5 Å². The van der Waals surface area contributed by atoms with Crippen molar-refractivity contribution in [2.24, 2.45) is 0 Å². The van der Waals surface area contributed by atoms with Crippen LogP contribution in [-0.4, -0.2) is 49.1 Å². The van der Waals surface area contributed by atoms with Crippen LogP contribution in [0.25, 0.3) is 0 Å². The van der Waals surface area contributed by atoms with Crippen molar-refractivity contribution < 1.29 is 9.59 Å². The molecule has 2 aliphatic rings. The van der Waals surface area contributed by atoms with Gasteiger partial charge in [-0.1, -0.05) is 24.3 Å². The lowest BCUT2D eigenvalue weighted by molar-refractivity contribution is -0.121. The second-order valence-electron chi connectivity index (χ2n) is 6.19.